The fraction of sp³-hybridized carbons (Fsp3) is 0.400. The summed E-state index contributed by atoms with van der Waals surface area (Å²) in [6.45, 7) is 2.32. The highest BCUT2D eigenvalue weighted by Gasteiger charge is 2.29. The molecule has 1 atom stereocenters. The van der Waals surface area contributed by atoms with Crippen molar-refractivity contribution in [3.05, 3.63) is 53.2 Å². The number of likely N-dealkylation sites (tertiary alicyclic amines) is 1. The largest absolute Gasteiger partial charge is 0.461 e. The third kappa shape index (κ3) is 3.83. The van der Waals surface area contributed by atoms with Crippen LogP contribution >= 0.6 is 0 Å². The molecule has 0 saturated carbocycles. The summed E-state index contributed by atoms with van der Waals surface area (Å²) in [4.78, 5) is 31.5. The Balaban J connectivity index is 1.82. The van der Waals surface area contributed by atoms with Crippen molar-refractivity contribution in [3.63, 3.8) is 0 Å². The SMILES string of the molecule is Cc1nc(C(=O)N2CCCCC[C@@H]2CC(=O)c2ccco2)ccc1C#N. The van der Waals surface area contributed by atoms with Crippen molar-refractivity contribution < 1.29 is 14.0 Å². The maximum Gasteiger partial charge on any atom is 0.272 e. The van der Waals surface area contributed by atoms with Crippen LogP contribution in [0.2, 0.25) is 0 Å². The highest BCUT2D eigenvalue weighted by molar-refractivity contribution is 5.96. The lowest BCUT2D eigenvalue weighted by Gasteiger charge is -2.29. The normalized spacial score (nSPS) is 17.4. The number of hydrogen-bond donors (Lipinski definition) is 0. The summed E-state index contributed by atoms with van der Waals surface area (Å²) in [5.41, 5.74) is 1.32. The van der Waals surface area contributed by atoms with Gasteiger partial charge in [-0.1, -0.05) is 12.8 Å². The highest BCUT2D eigenvalue weighted by Crippen LogP contribution is 2.23. The van der Waals surface area contributed by atoms with Gasteiger partial charge >= 0.3 is 0 Å². The number of furan rings is 1. The zero-order valence-corrected chi connectivity index (χ0v) is 14.8. The van der Waals surface area contributed by atoms with Crippen molar-refractivity contribution in [1.29, 1.82) is 5.26 Å². The van der Waals surface area contributed by atoms with Crippen LogP contribution in [0.5, 0.6) is 0 Å². The Hall–Kier alpha value is -2.94. The van der Waals surface area contributed by atoms with Gasteiger partial charge in [0.1, 0.15) is 11.8 Å². The number of Topliss-reactive ketones (excluding diaryl/α,β-unsaturated/α-hetero) is 1. The van der Waals surface area contributed by atoms with Crippen LogP contribution in [0.1, 0.15) is 64.4 Å². The number of pyridine rings is 1. The summed E-state index contributed by atoms with van der Waals surface area (Å²) < 4.78 is 5.19. The Bertz CT molecular complexity index is 836. The van der Waals surface area contributed by atoms with Gasteiger partial charge in [-0.3, -0.25) is 9.59 Å². The van der Waals surface area contributed by atoms with Crippen molar-refractivity contribution in [2.75, 3.05) is 6.54 Å². The molecule has 0 N–H and O–H groups in total. The molecule has 0 aromatic carbocycles. The molecule has 1 saturated heterocycles. The molecule has 1 amide bonds. The van der Waals surface area contributed by atoms with Gasteiger partial charge in [-0.25, -0.2) is 4.98 Å². The number of carbonyl (C=O) groups excluding carboxylic acids is 2. The van der Waals surface area contributed by atoms with Gasteiger partial charge in [0.2, 0.25) is 0 Å². The molecule has 0 unspecified atom stereocenters. The summed E-state index contributed by atoms with van der Waals surface area (Å²) in [5, 5.41) is 9.03. The Kier molecular flexibility index (Phi) is 5.47. The minimum atomic E-state index is -0.184. The molecule has 0 spiro atoms. The van der Waals surface area contributed by atoms with Gasteiger partial charge in [0.25, 0.3) is 5.91 Å². The van der Waals surface area contributed by atoms with Crippen molar-refractivity contribution in [2.24, 2.45) is 0 Å². The summed E-state index contributed by atoms with van der Waals surface area (Å²) in [7, 11) is 0. The first-order valence-corrected chi connectivity index (χ1v) is 8.85. The Morgan fingerprint density at radius 1 is 1.31 bits per heavy atom. The molecule has 134 valence electrons. The van der Waals surface area contributed by atoms with Crippen LogP contribution in [0.3, 0.4) is 0 Å². The molecular weight excluding hydrogens is 330 g/mol. The number of aryl methyl sites for hydroxylation is 1. The monoisotopic (exact) mass is 351 g/mol. The van der Waals surface area contributed by atoms with E-state index >= 15 is 0 Å². The molecule has 0 aliphatic carbocycles. The average Bonchev–Trinajstić information content (AvgIpc) is 3.09. The standard InChI is InChI=1S/C20H21N3O3/c1-14-15(13-21)8-9-17(22-14)20(25)23-10-4-2-3-6-16(23)12-18(24)19-7-5-11-26-19/h5,7-9,11,16H,2-4,6,10,12H2,1H3/t16-/m1/s1. The third-order valence-electron chi connectivity index (χ3n) is 4.78. The lowest BCUT2D eigenvalue weighted by molar-refractivity contribution is 0.0650. The van der Waals surface area contributed by atoms with Crippen LogP contribution in [-0.4, -0.2) is 34.2 Å². The molecule has 2 aromatic rings. The third-order valence-corrected chi connectivity index (χ3v) is 4.78. The van der Waals surface area contributed by atoms with Gasteiger partial charge in [-0.15, -0.1) is 0 Å². The van der Waals surface area contributed by atoms with Gasteiger partial charge < -0.3 is 9.32 Å². The molecule has 0 radical (unpaired) electrons. The highest BCUT2D eigenvalue weighted by atomic mass is 16.3. The van der Waals surface area contributed by atoms with Crippen molar-refractivity contribution in [1.82, 2.24) is 9.88 Å². The zero-order chi connectivity index (χ0) is 18.5. The lowest BCUT2D eigenvalue weighted by atomic mass is 10.0. The minimum Gasteiger partial charge on any atom is -0.461 e. The van der Waals surface area contributed by atoms with Crippen LogP contribution < -0.4 is 0 Å². The summed E-state index contributed by atoms with van der Waals surface area (Å²) in [6.07, 6.45) is 5.44. The molecule has 26 heavy (non-hydrogen) atoms. The van der Waals surface area contributed by atoms with E-state index in [9.17, 15) is 9.59 Å². The maximum atomic E-state index is 13.0. The van der Waals surface area contributed by atoms with E-state index in [2.05, 4.69) is 11.1 Å². The first-order valence-electron chi connectivity index (χ1n) is 8.85. The fourth-order valence-corrected chi connectivity index (χ4v) is 3.35. The number of carbonyl (C=O) groups is 2. The molecule has 1 aliphatic rings. The molecular formula is C20H21N3O3. The Labute approximate surface area is 152 Å². The second-order valence-electron chi connectivity index (χ2n) is 6.55. The van der Waals surface area contributed by atoms with E-state index in [4.69, 9.17) is 9.68 Å². The van der Waals surface area contributed by atoms with Crippen molar-refractivity contribution in [2.45, 2.75) is 45.1 Å². The van der Waals surface area contributed by atoms with E-state index in [0.717, 1.165) is 25.7 Å². The predicted octanol–water partition coefficient (Wildman–Crippen LogP) is 3.51. The molecule has 6 heteroatoms. The first kappa shape index (κ1) is 17.9. The lowest BCUT2D eigenvalue weighted by Crippen LogP contribution is -2.41. The van der Waals surface area contributed by atoms with Crippen LogP contribution in [-0.2, 0) is 0 Å². The quantitative estimate of drug-likeness (QED) is 0.787. The zero-order valence-electron chi connectivity index (χ0n) is 14.8. The Morgan fingerprint density at radius 3 is 2.85 bits per heavy atom. The molecule has 3 heterocycles. The van der Waals surface area contributed by atoms with Crippen LogP contribution in [0.4, 0.5) is 0 Å². The number of nitriles is 1. The van der Waals surface area contributed by atoms with Gasteiger partial charge in [0, 0.05) is 19.0 Å². The smallest absolute Gasteiger partial charge is 0.272 e. The second-order valence-corrected chi connectivity index (χ2v) is 6.55. The van der Waals surface area contributed by atoms with E-state index in [0.29, 0.717) is 29.3 Å². The molecule has 1 aliphatic heterocycles. The number of aromatic nitrogens is 1. The van der Waals surface area contributed by atoms with Crippen molar-refractivity contribution in [3.8, 4) is 6.07 Å². The number of amides is 1. The average molecular weight is 351 g/mol. The second kappa shape index (κ2) is 7.96. The van der Waals surface area contributed by atoms with E-state index in [1.165, 1.54) is 6.26 Å². The summed E-state index contributed by atoms with van der Waals surface area (Å²) in [6, 6.07) is 8.44. The molecule has 0 bridgehead atoms. The van der Waals surface area contributed by atoms with Gasteiger partial charge in [-0.2, -0.15) is 5.26 Å². The predicted molar refractivity (Wildman–Crippen MR) is 94.6 cm³/mol. The van der Waals surface area contributed by atoms with E-state index in [1.54, 1.807) is 36.1 Å². The molecule has 6 nitrogen and oxygen atoms in total. The van der Waals surface area contributed by atoms with Gasteiger partial charge in [0.15, 0.2) is 11.5 Å². The molecule has 3 rings (SSSR count). The fourth-order valence-electron chi connectivity index (χ4n) is 3.35. The minimum absolute atomic E-state index is 0.0938. The van der Waals surface area contributed by atoms with Crippen LogP contribution in [0, 0.1) is 18.3 Å². The molecule has 1 fully saturated rings. The maximum absolute atomic E-state index is 13.0. The van der Waals surface area contributed by atoms with E-state index < -0.39 is 0 Å². The van der Waals surface area contributed by atoms with Gasteiger partial charge in [0.05, 0.1) is 17.5 Å². The Morgan fingerprint density at radius 2 is 2.15 bits per heavy atom. The van der Waals surface area contributed by atoms with E-state index in [1.807, 2.05) is 0 Å². The van der Waals surface area contributed by atoms with Gasteiger partial charge in [-0.05, 0) is 44.0 Å². The summed E-state index contributed by atoms with van der Waals surface area (Å²) >= 11 is 0. The number of hydrogen-bond acceptors (Lipinski definition) is 5. The van der Waals surface area contributed by atoms with Crippen molar-refractivity contribution >= 4 is 11.7 Å². The number of ketones is 1. The molecule has 2 aromatic heterocycles. The van der Waals surface area contributed by atoms with Crippen LogP contribution in [0.15, 0.2) is 34.9 Å². The summed E-state index contributed by atoms with van der Waals surface area (Å²) in [5.74, 6) is 0.0504. The first-order chi connectivity index (χ1) is 12.6. The number of rotatable bonds is 4. The van der Waals surface area contributed by atoms with E-state index in [-0.39, 0.29) is 24.2 Å². The topological polar surface area (TPSA) is 87.2 Å². The number of nitrogens with zero attached hydrogens (tertiary/aromatic N) is 3. The van der Waals surface area contributed by atoms with Crippen LogP contribution in [0.25, 0.3) is 0 Å².